The number of fused-ring (bicyclic) bond motifs is 1. The van der Waals surface area contributed by atoms with Crippen molar-refractivity contribution < 1.29 is 14.2 Å². The van der Waals surface area contributed by atoms with Crippen LogP contribution in [0.15, 0.2) is 24.4 Å². The Morgan fingerprint density at radius 2 is 1.90 bits per heavy atom. The van der Waals surface area contributed by atoms with Gasteiger partial charge < -0.3 is 19.9 Å². The van der Waals surface area contributed by atoms with E-state index < -0.39 is 0 Å². The Balaban J connectivity index is 2.02. The number of nitrogens with zero attached hydrogens (tertiary/aromatic N) is 1. The van der Waals surface area contributed by atoms with Gasteiger partial charge in [0, 0.05) is 17.6 Å². The number of ether oxygens (including phenoxy) is 3. The summed E-state index contributed by atoms with van der Waals surface area (Å²) in [5, 5.41) is 1.92. The number of aromatic nitrogens is 1. The first kappa shape index (κ1) is 13.9. The summed E-state index contributed by atoms with van der Waals surface area (Å²) in [4.78, 5) is 4.36. The molecule has 1 aromatic carbocycles. The molecule has 2 atom stereocenters. The lowest BCUT2D eigenvalue weighted by atomic mass is 10.1. The van der Waals surface area contributed by atoms with Crippen molar-refractivity contribution in [2.24, 2.45) is 5.73 Å². The molecule has 21 heavy (non-hydrogen) atoms. The first-order chi connectivity index (χ1) is 10.2. The van der Waals surface area contributed by atoms with Crippen LogP contribution in [0.1, 0.15) is 19.3 Å². The Morgan fingerprint density at radius 1 is 1.14 bits per heavy atom. The summed E-state index contributed by atoms with van der Waals surface area (Å²) in [5.74, 6) is 1.97. The van der Waals surface area contributed by atoms with Gasteiger partial charge in [0.05, 0.1) is 14.2 Å². The van der Waals surface area contributed by atoms with Gasteiger partial charge >= 0.3 is 0 Å². The van der Waals surface area contributed by atoms with Gasteiger partial charge in [0.15, 0.2) is 11.5 Å². The minimum Gasteiger partial charge on any atom is -0.493 e. The number of hydrogen-bond acceptors (Lipinski definition) is 5. The second kappa shape index (κ2) is 5.77. The molecule has 1 saturated carbocycles. The van der Waals surface area contributed by atoms with Crippen molar-refractivity contribution in [2.45, 2.75) is 31.4 Å². The van der Waals surface area contributed by atoms with Gasteiger partial charge in [-0.05, 0) is 42.8 Å². The van der Waals surface area contributed by atoms with Gasteiger partial charge in [0.25, 0.3) is 0 Å². The van der Waals surface area contributed by atoms with E-state index in [4.69, 9.17) is 19.9 Å². The largest absolute Gasteiger partial charge is 0.493 e. The van der Waals surface area contributed by atoms with Crippen LogP contribution in [-0.4, -0.2) is 31.3 Å². The zero-order valence-corrected chi connectivity index (χ0v) is 12.3. The summed E-state index contributed by atoms with van der Waals surface area (Å²) < 4.78 is 16.7. The van der Waals surface area contributed by atoms with Gasteiger partial charge in [-0.1, -0.05) is 0 Å². The van der Waals surface area contributed by atoms with Crippen molar-refractivity contribution >= 4 is 10.8 Å². The fourth-order valence-electron chi connectivity index (χ4n) is 2.81. The fraction of sp³-hybridized carbons (Fsp3) is 0.438. The Kier molecular flexibility index (Phi) is 3.84. The molecular formula is C16H20N2O3. The normalized spacial score (nSPS) is 21.5. The Bertz CT molecular complexity index is 645. The predicted molar refractivity (Wildman–Crippen MR) is 81.1 cm³/mol. The predicted octanol–water partition coefficient (Wildman–Crippen LogP) is 2.51. The first-order valence-electron chi connectivity index (χ1n) is 7.16. The number of benzene rings is 1. The highest BCUT2D eigenvalue weighted by molar-refractivity contribution is 5.89. The monoisotopic (exact) mass is 288 g/mol. The maximum absolute atomic E-state index is 6.08. The van der Waals surface area contributed by atoms with Crippen LogP contribution in [0.2, 0.25) is 0 Å². The smallest absolute Gasteiger partial charge is 0.221 e. The molecule has 0 bridgehead atoms. The van der Waals surface area contributed by atoms with Crippen LogP contribution in [0.25, 0.3) is 10.8 Å². The van der Waals surface area contributed by atoms with Crippen LogP contribution in [0.4, 0.5) is 0 Å². The molecule has 0 saturated heterocycles. The summed E-state index contributed by atoms with van der Waals surface area (Å²) in [5.41, 5.74) is 6.08. The molecule has 0 amide bonds. The summed E-state index contributed by atoms with van der Waals surface area (Å²) in [6.07, 6.45) is 4.87. The molecule has 5 nitrogen and oxygen atoms in total. The van der Waals surface area contributed by atoms with Gasteiger partial charge in [0.1, 0.15) is 6.10 Å². The first-order valence-corrected chi connectivity index (χ1v) is 7.16. The van der Waals surface area contributed by atoms with Gasteiger partial charge in [-0.25, -0.2) is 4.98 Å². The lowest BCUT2D eigenvalue weighted by Crippen LogP contribution is -2.33. The zero-order valence-electron chi connectivity index (χ0n) is 12.3. The average Bonchev–Trinajstić information content (AvgIpc) is 2.91. The molecule has 2 aromatic rings. The van der Waals surface area contributed by atoms with E-state index in [1.807, 2.05) is 18.2 Å². The number of rotatable bonds is 4. The summed E-state index contributed by atoms with van der Waals surface area (Å²) in [6.45, 7) is 0. The molecule has 2 unspecified atom stereocenters. The fourth-order valence-corrected chi connectivity index (χ4v) is 2.81. The highest BCUT2D eigenvalue weighted by Crippen LogP contribution is 2.36. The number of pyridine rings is 1. The maximum Gasteiger partial charge on any atom is 0.221 e. The number of hydrogen-bond donors (Lipinski definition) is 1. The van der Waals surface area contributed by atoms with E-state index in [-0.39, 0.29) is 12.1 Å². The van der Waals surface area contributed by atoms with Crippen molar-refractivity contribution in [3.05, 3.63) is 24.4 Å². The van der Waals surface area contributed by atoms with Gasteiger partial charge in [-0.15, -0.1) is 0 Å². The van der Waals surface area contributed by atoms with Crippen LogP contribution >= 0.6 is 0 Å². The Hall–Kier alpha value is -2.01. The van der Waals surface area contributed by atoms with Crippen molar-refractivity contribution in [3.63, 3.8) is 0 Å². The third-order valence-corrected chi connectivity index (χ3v) is 4.00. The van der Waals surface area contributed by atoms with Gasteiger partial charge in [0.2, 0.25) is 5.88 Å². The molecule has 5 heteroatoms. The standard InChI is InChI=1S/C16H20N2O3/c1-19-14-8-10-6-7-18-16(11(10)9-15(14)20-2)21-13-5-3-4-12(13)17/h6-9,12-13H,3-5,17H2,1-2H3. The van der Waals surface area contributed by atoms with E-state index in [2.05, 4.69) is 4.98 Å². The topological polar surface area (TPSA) is 66.6 Å². The van der Waals surface area contributed by atoms with Crippen LogP contribution in [0, 0.1) is 0 Å². The van der Waals surface area contributed by atoms with E-state index in [1.54, 1.807) is 20.4 Å². The quantitative estimate of drug-likeness (QED) is 0.936. The third kappa shape index (κ3) is 2.61. The molecule has 0 spiro atoms. The second-order valence-corrected chi connectivity index (χ2v) is 5.30. The number of nitrogens with two attached hydrogens (primary N) is 1. The summed E-state index contributed by atoms with van der Waals surface area (Å²) in [7, 11) is 3.24. The molecule has 1 aliphatic carbocycles. The van der Waals surface area contributed by atoms with E-state index in [9.17, 15) is 0 Å². The van der Waals surface area contributed by atoms with Crippen LogP contribution in [-0.2, 0) is 0 Å². The molecular weight excluding hydrogens is 268 g/mol. The van der Waals surface area contributed by atoms with E-state index in [0.29, 0.717) is 17.4 Å². The SMILES string of the molecule is COc1cc2ccnc(OC3CCCC3N)c2cc1OC. The lowest BCUT2D eigenvalue weighted by molar-refractivity contribution is 0.186. The third-order valence-electron chi connectivity index (χ3n) is 4.00. The van der Waals surface area contributed by atoms with Crippen LogP contribution < -0.4 is 19.9 Å². The van der Waals surface area contributed by atoms with E-state index in [1.165, 1.54) is 0 Å². The Morgan fingerprint density at radius 3 is 2.57 bits per heavy atom. The van der Waals surface area contributed by atoms with E-state index >= 15 is 0 Å². The maximum atomic E-state index is 6.08. The molecule has 1 aromatic heterocycles. The van der Waals surface area contributed by atoms with Crippen LogP contribution in [0.3, 0.4) is 0 Å². The molecule has 2 N–H and O–H groups in total. The van der Waals surface area contributed by atoms with Gasteiger partial charge in [-0.3, -0.25) is 0 Å². The lowest BCUT2D eigenvalue weighted by Gasteiger charge is -2.18. The van der Waals surface area contributed by atoms with Crippen LogP contribution in [0.5, 0.6) is 17.4 Å². The summed E-state index contributed by atoms with van der Waals surface area (Å²) >= 11 is 0. The van der Waals surface area contributed by atoms with Crippen molar-refractivity contribution in [3.8, 4) is 17.4 Å². The Labute approximate surface area is 124 Å². The molecule has 3 rings (SSSR count). The minimum absolute atomic E-state index is 0.0381. The van der Waals surface area contributed by atoms with Crippen molar-refractivity contribution in [2.75, 3.05) is 14.2 Å². The highest BCUT2D eigenvalue weighted by atomic mass is 16.5. The molecule has 1 fully saturated rings. The highest BCUT2D eigenvalue weighted by Gasteiger charge is 2.26. The molecule has 0 radical (unpaired) electrons. The number of methoxy groups -OCH3 is 2. The minimum atomic E-state index is 0.0381. The van der Waals surface area contributed by atoms with Gasteiger partial charge in [-0.2, -0.15) is 0 Å². The van der Waals surface area contributed by atoms with Crippen molar-refractivity contribution in [1.82, 2.24) is 4.98 Å². The molecule has 112 valence electrons. The second-order valence-electron chi connectivity index (χ2n) is 5.30. The molecule has 1 heterocycles. The van der Waals surface area contributed by atoms with E-state index in [0.717, 1.165) is 30.0 Å². The van der Waals surface area contributed by atoms with Crippen molar-refractivity contribution in [1.29, 1.82) is 0 Å². The average molecular weight is 288 g/mol. The molecule has 0 aliphatic heterocycles. The summed E-state index contributed by atoms with van der Waals surface area (Å²) in [6, 6.07) is 5.84. The molecule has 1 aliphatic rings. The zero-order chi connectivity index (χ0) is 14.8.